The van der Waals surface area contributed by atoms with Crippen LogP contribution >= 0.6 is 0 Å². The van der Waals surface area contributed by atoms with Gasteiger partial charge in [-0.1, -0.05) is 37.7 Å². The molecule has 0 N–H and O–H groups in total. The quantitative estimate of drug-likeness (QED) is 0.260. The molecule has 0 spiro atoms. The second-order valence-electron chi connectivity index (χ2n) is 3.68. The van der Waals surface area contributed by atoms with Crippen LogP contribution in [0.4, 0.5) is 0 Å². The summed E-state index contributed by atoms with van der Waals surface area (Å²) in [4.78, 5) is 2.97. The molecule has 0 radical (unpaired) electrons. The van der Waals surface area contributed by atoms with Gasteiger partial charge in [-0.05, 0) is 24.8 Å². The standard InChI is InChI=1S/C9H17N3/c1-2-9(11-12-10)7-5-3-4-6-8-9/h2-8H2,1H3. The SMILES string of the molecule is CCC1(N=[N+]=[N-])CCCCCC1. The maximum absolute atomic E-state index is 8.46. The fourth-order valence-electron chi connectivity index (χ4n) is 2.01. The normalized spacial score (nSPS) is 22.4. The van der Waals surface area contributed by atoms with Gasteiger partial charge in [0.25, 0.3) is 0 Å². The smallest absolute Gasteiger partial charge is 0.0485 e. The van der Waals surface area contributed by atoms with Crippen LogP contribution in [0.2, 0.25) is 0 Å². The van der Waals surface area contributed by atoms with Gasteiger partial charge in [-0.3, -0.25) is 0 Å². The minimum absolute atomic E-state index is 0.0365. The molecule has 0 aliphatic heterocycles. The summed E-state index contributed by atoms with van der Waals surface area (Å²) in [6.45, 7) is 2.12. The van der Waals surface area contributed by atoms with Gasteiger partial charge in [0.15, 0.2) is 0 Å². The van der Waals surface area contributed by atoms with Crippen LogP contribution in [0, 0.1) is 0 Å². The van der Waals surface area contributed by atoms with Crippen LogP contribution in [0.15, 0.2) is 5.11 Å². The van der Waals surface area contributed by atoms with Crippen molar-refractivity contribution in [2.24, 2.45) is 5.11 Å². The minimum Gasteiger partial charge on any atom is -0.0873 e. The summed E-state index contributed by atoms with van der Waals surface area (Å²) in [6.07, 6.45) is 8.25. The van der Waals surface area contributed by atoms with Gasteiger partial charge < -0.3 is 0 Å². The Hall–Kier alpha value is -0.690. The third-order valence-corrected chi connectivity index (χ3v) is 2.95. The molecule has 1 fully saturated rings. The summed E-state index contributed by atoms with van der Waals surface area (Å²) in [5, 5.41) is 3.97. The predicted octanol–water partition coefficient (Wildman–Crippen LogP) is 3.80. The lowest BCUT2D eigenvalue weighted by atomic mass is 9.89. The number of rotatable bonds is 2. The molecular weight excluding hydrogens is 150 g/mol. The first-order valence-electron chi connectivity index (χ1n) is 4.89. The number of nitrogens with zero attached hydrogens (tertiary/aromatic N) is 3. The monoisotopic (exact) mass is 167 g/mol. The zero-order chi connectivity index (χ0) is 8.86. The molecule has 1 saturated carbocycles. The second-order valence-corrected chi connectivity index (χ2v) is 3.68. The maximum atomic E-state index is 8.46. The van der Waals surface area contributed by atoms with Crippen LogP contribution in [-0.4, -0.2) is 5.54 Å². The van der Waals surface area contributed by atoms with E-state index in [4.69, 9.17) is 5.53 Å². The van der Waals surface area contributed by atoms with E-state index in [0.717, 1.165) is 19.3 Å². The second kappa shape index (κ2) is 4.36. The van der Waals surface area contributed by atoms with Gasteiger partial charge in [-0.25, -0.2) is 0 Å². The fraction of sp³-hybridized carbons (Fsp3) is 1.00. The molecule has 68 valence electrons. The molecule has 0 saturated heterocycles. The lowest BCUT2D eigenvalue weighted by Crippen LogP contribution is -2.23. The zero-order valence-electron chi connectivity index (χ0n) is 7.79. The average molecular weight is 167 g/mol. The summed E-state index contributed by atoms with van der Waals surface area (Å²) in [5.41, 5.74) is 8.43. The summed E-state index contributed by atoms with van der Waals surface area (Å²) < 4.78 is 0. The van der Waals surface area contributed by atoms with Crippen LogP contribution in [-0.2, 0) is 0 Å². The van der Waals surface area contributed by atoms with E-state index in [1.807, 2.05) is 0 Å². The van der Waals surface area contributed by atoms with E-state index >= 15 is 0 Å². The van der Waals surface area contributed by atoms with Crippen LogP contribution in [0.5, 0.6) is 0 Å². The predicted molar refractivity (Wildman–Crippen MR) is 49.9 cm³/mol. The van der Waals surface area contributed by atoms with Crippen molar-refractivity contribution in [1.29, 1.82) is 0 Å². The van der Waals surface area contributed by atoms with Gasteiger partial charge in [-0.15, -0.1) is 0 Å². The molecule has 1 aliphatic carbocycles. The van der Waals surface area contributed by atoms with Gasteiger partial charge in [0.05, 0.1) is 0 Å². The molecule has 0 atom stereocenters. The lowest BCUT2D eigenvalue weighted by Gasteiger charge is -2.24. The first-order valence-corrected chi connectivity index (χ1v) is 4.89. The molecule has 12 heavy (non-hydrogen) atoms. The van der Waals surface area contributed by atoms with Gasteiger partial charge in [0.2, 0.25) is 0 Å². The molecule has 0 aromatic carbocycles. The Balaban J connectivity index is 2.67. The Morgan fingerprint density at radius 1 is 1.25 bits per heavy atom. The number of hydrogen-bond donors (Lipinski definition) is 0. The number of azide groups is 1. The third-order valence-electron chi connectivity index (χ3n) is 2.95. The average Bonchev–Trinajstić information content (AvgIpc) is 2.32. The van der Waals surface area contributed by atoms with Crippen molar-refractivity contribution in [1.82, 2.24) is 0 Å². The van der Waals surface area contributed by atoms with E-state index in [-0.39, 0.29) is 5.54 Å². The first kappa shape index (κ1) is 9.40. The van der Waals surface area contributed by atoms with Gasteiger partial charge in [0, 0.05) is 10.5 Å². The van der Waals surface area contributed by atoms with Gasteiger partial charge in [-0.2, -0.15) is 0 Å². The van der Waals surface area contributed by atoms with E-state index in [2.05, 4.69) is 16.9 Å². The van der Waals surface area contributed by atoms with Crippen LogP contribution in [0.1, 0.15) is 51.9 Å². The van der Waals surface area contributed by atoms with Crippen molar-refractivity contribution in [3.8, 4) is 0 Å². The highest BCUT2D eigenvalue weighted by atomic mass is 15.2. The molecule has 1 aliphatic rings. The van der Waals surface area contributed by atoms with Crippen molar-refractivity contribution >= 4 is 0 Å². The number of hydrogen-bond acceptors (Lipinski definition) is 1. The highest BCUT2D eigenvalue weighted by molar-refractivity contribution is 4.88. The zero-order valence-corrected chi connectivity index (χ0v) is 7.79. The minimum atomic E-state index is -0.0365. The molecule has 0 unspecified atom stereocenters. The van der Waals surface area contributed by atoms with E-state index in [9.17, 15) is 0 Å². The molecule has 3 nitrogen and oxygen atoms in total. The summed E-state index contributed by atoms with van der Waals surface area (Å²) in [5.74, 6) is 0. The van der Waals surface area contributed by atoms with E-state index in [1.165, 1.54) is 25.7 Å². The first-order chi connectivity index (χ1) is 5.83. The Labute approximate surface area is 73.8 Å². The Kier molecular flexibility index (Phi) is 3.42. The summed E-state index contributed by atoms with van der Waals surface area (Å²) >= 11 is 0. The third kappa shape index (κ3) is 2.15. The maximum Gasteiger partial charge on any atom is 0.0485 e. The van der Waals surface area contributed by atoms with Crippen LogP contribution < -0.4 is 0 Å². The molecule has 0 aromatic heterocycles. The summed E-state index contributed by atoms with van der Waals surface area (Å²) in [6, 6.07) is 0. The Morgan fingerprint density at radius 2 is 1.83 bits per heavy atom. The van der Waals surface area contributed by atoms with Crippen LogP contribution in [0.25, 0.3) is 10.4 Å². The van der Waals surface area contributed by atoms with E-state index in [1.54, 1.807) is 0 Å². The van der Waals surface area contributed by atoms with Gasteiger partial charge in [0.1, 0.15) is 0 Å². The molecular formula is C9H17N3. The highest BCUT2D eigenvalue weighted by Gasteiger charge is 2.27. The van der Waals surface area contributed by atoms with Crippen molar-refractivity contribution in [2.75, 3.05) is 0 Å². The molecule has 0 amide bonds. The molecule has 1 rings (SSSR count). The van der Waals surface area contributed by atoms with Crippen molar-refractivity contribution in [2.45, 2.75) is 57.4 Å². The Bertz CT molecular complexity index is 174. The largest absolute Gasteiger partial charge is 0.0873 e. The molecule has 0 heterocycles. The lowest BCUT2D eigenvalue weighted by molar-refractivity contribution is 0.358. The van der Waals surface area contributed by atoms with Gasteiger partial charge >= 0.3 is 0 Å². The van der Waals surface area contributed by atoms with Crippen molar-refractivity contribution < 1.29 is 0 Å². The molecule has 0 bridgehead atoms. The van der Waals surface area contributed by atoms with E-state index in [0.29, 0.717) is 0 Å². The Morgan fingerprint density at radius 3 is 2.25 bits per heavy atom. The molecule has 3 heteroatoms. The fourth-order valence-corrected chi connectivity index (χ4v) is 2.01. The highest BCUT2D eigenvalue weighted by Crippen LogP contribution is 2.33. The van der Waals surface area contributed by atoms with E-state index < -0.39 is 0 Å². The topological polar surface area (TPSA) is 48.8 Å². The van der Waals surface area contributed by atoms with Crippen LogP contribution in [0.3, 0.4) is 0 Å². The van der Waals surface area contributed by atoms with Crippen molar-refractivity contribution in [3.05, 3.63) is 10.4 Å². The molecule has 0 aromatic rings. The summed E-state index contributed by atoms with van der Waals surface area (Å²) in [7, 11) is 0. The van der Waals surface area contributed by atoms with Crippen molar-refractivity contribution in [3.63, 3.8) is 0 Å².